The first-order chi connectivity index (χ1) is 12.5. The number of nitro groups is 1. The van der Waals surface area contributed by atoms with E-state index >= 15 is 0 Å². The Bertz CT molecular complexity index is 971. The van der Waals surface area contributed by atoms with E-state index in [-0.39, 0.29) is 17.6 Å². The summed E-state index contributed by atoms with van der Waals surface area (Å²) in [6.07, 6.45) is 5.88. The number of anilines is 1. The summed E-state index contributed by atoms with van der Waals surface area (Å²) in [6, 6.07) is 10.7. The van der Waals surface area contributed by atoms with Gasteiger partial charge in [0, 0.05) is 12.3 Å². The van der Waals surface area contributed by atoms with Crippen molar-refractivity contribution in [1.29, 1.82) is 0 Å². The molecule has 132 valence electrons. The summed E-state index contributed by atoms with van der Waals surface area (Å²) in [5.74, 6) is -0.538. The third kappa shape index (κ3) is 4.44. The van der Waals surface area contributed by atoms with Crippen LogP contribution in [0.3, 0.4) is 0 Å². The predicted octanol–water partition coefficient (Wildman–Crippen LogP) is 3.39. The molecule has 1 amide bonds. The van der Waals surface area contributed by atoms with Gasteiger partial charge in [0.2, 0.25) is 5.91 Å². The van der Waals surface area contributed by atoms with Gasteiger partial charge >= 0.3 is 5.88 Å². The Morgan fingerprint density at radius 3 is 2.96 bits per heavy atom. The van der Waals surface area contributed by atoms with Gasteiger partial charge in [0.1, 0.15) is 10.7 Å². The molecule has 0 saturated carbocycles. The fourth-order valence-electron chi connectivity index (χ4n) is 2.38. The SMILES string of the molecule is Cc1cccc(Cn2cc(NC(=O)/C=C/c3ccc([N+](=O)[O-])o3)cn2)c1. The molecule has 0 aliphatic carbocycles. The number of hydrogen-bond acceptors (Lipinski definition) is 5. The second-order valence-corrected chi connectivity index (χ2v) is 5.67. The average Bonchev–Trinajstić information content (AvgIpc) is 3.23. The summed E-state index contributed by atoms with van der Waals surface area (Å²) < 4.78 is 6.67. The minimum atomic E-state index is -0.639. The fourth-order valence-corrected chi connectivity index (χ4v) is 2.38. The number of nitrogens with zero attached hydrogens (tertiary/aromatic N) is 3. The summed E-state index contributed by atoms with van der Waals surface area (Å²) in [4.78, 5) is 21.8. The molecule has 2 heterocycles. The van der Waals surface area contributed by atoms with Crippen molar-refractivity contribution < 1.29 is 14.1 Å². The number of hydrogen-bond donors (Lipinski definition) is 1. The van der Waals surface area contributed by atoms with Crippen LogP contribution in [-0.4, -0.2) is 20.6 Å². The number of carbonyl (C=O) groups is 1. The van der Waals surface area contributed by atoms with Crippen molar-refractivity contribution in [1.82, 2.24) is 9.78 Å². The van der Waals surface area contributed by atoms with E-state index in [2.05, 4.69) is 16.5 Å². The van der Waals surface area contributed by atoms with Crippen LogP contribution < -0.4 is 5.32 Å². The minimum Gasteiger partial charge on any atom is -0.401 e. The molecule has 0 fully saturated rings. The molecule has 2 aromatic heterocycles. The summed E-state index contributed by atoms with van der Waals surface area (Å²) >= 11 is 0. The molecule has 1 N–H and O–H groups in total. The summed E-state index contributed by atoms with van der Waals surface area (Å²) in [5, 5.41) is 17.4. The van der Waals surface area contributed by atoms with Crippen LogP contribution in [0.15, 0.2) is 59.3 Å². The highest BCUT2D eigenvalue weighted by molar-refractivity contribution is 6.01. The largest absolute Gasteiger partial charge is 0.433 e. The van der Waals surface area contributed by atoms with Crippen molar-refractivity contribution in [3.05, 3.63) is 81.9 Å². The molecule has 0 spiro atoms. The predicted molar refractivity (Wildman–Crippen MR) is 95.5 cm³/mol. The van der Waals surface area contributed by atoms with Crippen LogP contribution in [0.25, 0.3) is 6.08 Å². The second-order valence-electron chi connectivity index (χ2n) is 5.67. The Morgan fingerprint density at radius 1 is 1.38 bits per heavy atom. The number of furan rings is 1. The van der Waals surface area contributed by atoms with Crippen molar-refractivity contribution in [2.75, 3.05) is 5.32 Å². The van der Waals surface area contributed by atoms with E-state index < -0.39 is 4.92 Å². The first-order valence-corrected chi connectivity index (χ1v) is 7.81. The lowest BCUT2D eigenvalue weighted by Crippen LogP contribution is -2.07. The first-order valence-electron chi connectivity index (χ1n) is 7.81. The molecule has 26 heavy (non-hydrogen) atoms. The van der Waals surface area contributed by atoms with Gasteiger partial charge in [-0.25, -0.2) is 0 Å². The molecule has 3 aromatic rings. The number of benzene rings is 1. The van der Waals surface area contributed by atoms with Gasteiger partial charge < -0.3 is 9.73 Å². The van der Waals surface area contributed by atoms with E-state index in [1.807, 2.05) is 25.1 Å². The van der Waals surface area contributed by atoms with E-state index in [0.29, 0.717) is 12.2 Å². The van der Waals surface area contributed by atoms with E-state index in [1.54, 1.807) is 17.1 Å². The highest BCUT2D eigenvalue weighted by Gasteiger charge is 2.10. The Kier molecular flexibility index (Phi) is 4.93. The first kappa shape index (κ1) is 17.2. The van der Waals surface area contributed by atoms with E-state index in [1.165, 1.54) is 29.8 Å². The van der Waals surface area contributed by atoms with Crippen molar-refractivity contribution in [3.8, 4) is 0 Å². The maximum Gasteiger partial charge on any atom is 0.433 e. The van der Waals surface area contributed by atoms with Crippen LogP contribution >= 0.6 is 0 Å². The van der Waals surface area contributed by atoms with Crippen LogP contribution in [0.4, 0.5) is 11.6 Å². The van der Waals surface area contributed by atoms with Crippen LogP contribution in [0, 0.1) is 17.0 Å². The van der Waals surface area contributed by atoms with Crippen molar-refractivity contribution in [3.63, 3.8) is 0 Å². The molecule has 1 aromatic carbocycles. The fraction of sp³-hybridized carbons (Fsp3) is 0.111. The summed E-state index contributed by atoms with van der Waals surface area (Å²) in [6.45, 7) is 2.63. The zero-order valence-corrected chi connectivity index (χ0v) is 14.0. The monoisotopic (exact) mass is 352 g/mol. The number of carbonyl (C=O) groups excluding carboxylic acids is 1. The van der Waals surface area contributed by atoms with Gasteiger partial charge in [-0.3, -0.25) is 19.6 Å². The van der Waals surface area contributed by atoms with Gasteiger partial charge in [-0.05, 0) is 24.6 Å². The molecule has 0 bridgehead atoms. The molecule has 0 saturated heterocycles. The van der Waals surface area contributed by atoms with Crippen LogP contribution in [0.1, 0.15) is 16.9 Å². The normalized spacial score (nSPS) is 11.0. The lowest BCUT2D eigenvalue weighted by atomic mass is 10.1. The number of rotatable bonds is 6. The molecule has 0 radical (unpaired) electrons. The maximum absolute atomic E-state index is 11.9. The summed E-state index contributed by atoms with van der Waals surface area (Å²) in [5.41, 5.74) is 2.84. The molecule has 0 atom stereocenters. The Balaban J connectivity index is 1.58. The quantitative estimate of drug-likeness (QED) is 0.416. The molecule has 3 rings (SSSR count). The lowest BCUT2D eigenvalue weighted by molar-refractivity contribution is -0.402. The standard InChI is InChI=1S/C18H16N4O4/c1-13-3-2-4-14(9-13)11-21-12-15(10-19-21)20-17(23)7-5-16-6-8-18(26-16)22(24)25/h2-10,12H,11H2,1H3,(H,20,23)/b7-5+. The molecule has 0 aliphatic rings. The number of aromatic nitrogens is 2. The van der Waals surface area contributed by atoms with E-state index in [9.17, 15) is 14.9 Å². The Labute approximate surface area is 148 Å². The molecule has 8 nitrogen and oxygen atoms in total. The number of aryl methyl sites for hydroxylation is 1. The van der Waals surface area contributed by atoms with Gasteiger partial charge in [-0.15, -0.1) is 0 Å². The van der Waals surface area contributed by atoms with Crippen LogP contribution in [0.5, 0.6) is 0 Å². The van der Waals surface area contributed by atoms with Crippen LogP contribution in [-0.2, 0) is 11.3 Å². The van der Waals surface area contributed by atoms with Crippen LogP contribution in [0.2, 0.25) is 0 Å². The smallest absolute Gasteiger partial charge is 0.401 e. The zero-order valence-electron chi connectivity index (χ0n) is 14.0. The van der Waals surface area contributed by atoms with Gasteiger partial charge in [-0.1, -0.05) is 29.8 Å². The molecular weight excluding hydrogens is 336 g/mol. The molecule has 8 heteroatoms. The molecule has 0 unspecified atom stereocenters. The summed E-state index contributed by atoms with van der Waals surface area (Å²) in [7, 11) is 0. The van der Waals surface area contributed by atoms with Crippen molar-refractivity contribution >= 4 is 23.6 Å². The second kappa shape index (κ2) is 7.47. The molecule has 0 aliphatic heterocycles. The Hall–Kier alpha value is -3.68. The minimum absolute atomic E-state index is 0.224. The number of nitrogens with one attached hydrogen (secondary N) is 1. The zero-order chi connectivity index (χ0) is 18.5. The van der Waals surface area contributed by atoms with E-state index in [4.69, 9.17) is 4.42 Å². The van der Waals surface area contributed by atoms with Gasteiger partial charge in [0.05, 0.1) is 24.5 Å². The number of amides is 1. The van der Waals surface area contributed by atoms with E-state index in [0.717, 1.165) is 5.56 Å². The van der Waals surface area contributed by atoms with Gasteiger partial charge in [-0.2, -0.15) is 5.10 Å². The Morgan fingerprint density at radius 2 is 2.23 bits per heavy atom. The maximum atomic E-state index is 11.9. The lowest BCUT2D eigenvalue weighted by Gasteiger charge is -2.02. The van der Waals surface area contributed by atoms with Crippen molar-refractivity contribution in [2.24, 2.45) is 0 Å². The highest BCUT2D eigenvalue weighted by Crippen LogP contribution is 2.16. The topological polar surface area (TPSA) is 103 Å². The average molecular weight is 352 g/mol. The van der Waals surface area contributed by atoms with Crippen molar-refractivity contribution in [2.45, 2.75) is 13.5 Å². The highest BCUT2D eigenvalue weighted by atomic mass is 16.6. The third-order valence-electron chi connectivity index (χ3n) is 3.52. The molecular formula is C18H16N4O4. The van der Waals surface area contributed by atoms with Gasteiger partial charge in [0.25, 0.3) is 0 Å². The third-order valence-corrected chi connectivity index (χ3v) is 3.52. The van der Waals surface area contributed by atoms with Gasteiger partial charge in [0.15, 0.2) is 0 Å².